The molecule has 0 fully saturated rings. The molecular formula is C12H27N3. The molecule has 0 aliphatic carbocycles. The molecular weight excluding hydrogens is 186 g/mol. The van der Waals surface area contributed by atoms with Crippen molar-refractivity contribution < 1.29 is 0 Å². The van der Waals surface area contributed by atoms with E-state index in [9.17, 15) is 0 Å². The zero-order valence-electron chi connectivity index (χ0n) is 11.0. The molecule has 0 aromatic carbocycles. The second-order valence-corrected chi connectivity index (χ2v) is 4.93. The Hall–Kier alpha value is -0.730. The van der Waals surface area contributed by atoms with Gasteiger partial charge < -0.3 is 10.6 Å². The molecule has 0 atom stereocenters. The fourth-order valence-corrected chi connectivity index (χ4v) is 1.29. The van der Waals surface area contributed by atoms with Gasteiger partial charge in [0.15, 0.2) is 5.96 Å². The van der Waals surface area contributed by atoms with E-state index < -0.39 is 0 Å². The van der Waals surface area contributed by atoms with Crippen LogP contribution in [0, 0.1) is 0 Å². The molecule has 3 heteroatoms. The molecule has 0 bridgehead atoms. The molecule has 0 amide bonds. The predicted octanol–water partition coefficient (Wildman–Crippen LogP) is 2.53. The van der Waals surface area contributed by atoms with Crippen molar-refractivity contribution in [2.24, 2.45) is 4.99 Å². The first kappa shape index (κ1) is 14.3. The molecule has 0 unspecified atom stereocenters. The van der Waals surface area contributed by atoms with Gasteiger partial charge in [0, 0.05) is 19.1 Å². The van der Waals surface area contributed by atoms with Crippen molar-refractivity contribution in [1.29, 1.82) is 0 Å². The molecule has 0 aromatic rings. The third-order valence-electron chi connectivity index (χ3n) is 2.04. The largest absolute Gasteiger partial charge is 0.356 e. The summed E-state index contributed by atoms with van der Waals surface area (Å²) in [6.45, 7) is 9.65. The lowest BCUT2D eigenvalue weighted by Crippen LogP contribution is -2.47. The lowest BCUT2D eigenvalue weighted by Gasteiger charge is -2.23. The summed E-state index contributed by atoms with van der Waals surface area (Å²) in [6.07, 6.45) is 5.14. The zero-order chi connectivity index (χ0) is 11.7. The summed E-state index contributed by atoms with van der Waals surface area (Å²) < 4.78 is 0. The Morgan fingerprint density at radius 3 is 2.27 bits per heavy atom. The van der Waals surface area contributed by atoms with Crippen molar-refractivity contribution in [2.45, 2.75) is 58.9 Å². The highest BCUT2D eigenvalue weighted by atomic mass is 15.2. The summed E-state index contributed by atoms with van der Waals surface area (Å²) in [5.41, 5.74) is 0.0747. The van der Waals surface area contributed by atoms with Gasteiger partial charge in [0.1, 0.15) is 0 Å². The Morgan fingerprint density at radius 1 is 1.13 bits per heavy atom. The Morgan fingerprint density at radius 2 is 1.80 bits per heavy atom. The van der Waals surface area contributed by atoms with E-state index in [-0.39, 0.29) is 5.54 Å². The Labute approximate surface area is 94.7 Å². The minimum atomic E-state index is 0.0747. The second kappa shape index (κ2) is 7.55. The van der Waals surface area contributed by atoms with Gasteiger partial charge in [-0.05, 0) is 27.2 Å². The third kappa shape index (κ3) is 9.57. The van der Waals surface area contributed by atoms with Gasteiger partial charge in [-0.2, -0.15) is 0 Å². The maximum absolute atomic E-state index is 4.19. The third-order valence-corrected chi connectivity index (χ3v) is 2.04. The molecule has 3 nitrogen and oxygen atoms in total. The van der Waals surface area contributed by atoms with Gasteiger partial charge in [0.2, 0.25) is 0 Å². The molecule has 0 heterocycles. The molecule has 0 saturated carbocycles. The normalized spacial score (nSPS) is 12.7. The van der Waals surface area contributed by atoms with Crippen molar-refractivity contribution >= 4 is 5.96 Å². The lowest BCUT2D eigenvalue weighted by atomic mass is 10.1. The number of hydrogen-bond acceptors (Lipinski definition) is 1. The number of rotatable bonds is 5. The number of aliphatic imine (C=N–C) groups is 1. The van der Waals surface area contributed by atoms with Gasteiger partial charge in [-0.25, -0.2) is 0 Å². The maximum atomic E-state index is 4.19. The monoisotopic (exact) mass is 213 g/mol. The molecule has 90 valence electrons. The van der Waals surface area contributed by atoms with Crippen molar-refractivity contribution in [3.63, 3.8) is 0 Å². The van der Waals surface area contributed by atoms with Crippen LogP contribution in [0.2, 0.25) is 0 Å². The molecule has 0 saturated heterocycles. The van der Waals surface area contributed by atoms with E-state index in [0.29, 0.717) is 0 Å². The van der Waals surface area contributed by atoms with E-state index >= 15 is 0 Å². The second-order valence-electron chi connectivity index (χ2n) is 4.93. The van der Waals surface area contributed by atoms with Crippen LogP contribution in [-0.2, 0) is 0 Å². The Bertz CT molecular complexity index is 180. The standard InChI is InChI=1S/C12H27N3/c1-6-7-8-9-10-14-11(13-5)15-12(2,3)4/h6-10H2,1-5H3,(H2,13,14,15). The molecule has 0 rings (SSSR count). The molecule has 0 aromatic heterocycles. The van der Waals surface area contributed by atoms with E-state index in [0.717, 1.165) is 12.5 Å². The summed E-state index contributed by atoms with van der Waals surface area (Å²) in [7, 11) is 1.81. The van der Waals surface area contributed by atoms with Crippen LogP contribution in [0.4, 0.5) is 0 Å². The highest BCUT2D eigenvalue weighted by Gasteiger charge is 2.10. The summed E-state index contributed by atoms with van der Waals surface area (Å²) in [6, 6.07) is 0. The number of hydrogen-bond donors (Lipinski definition) is 2. The lowest BCUT2D eigenvalue weighted by molar-refractivity contribution is 0.500. The van der Waals surface area contributed by atoms with Crippen molar-refractivity contribution in [1.82, 2.24) is 10.6 Å². The Balaban J connectivity index is 3.64. The highest BCUT2D eigenvalue weighted by Crippen LogP contribution is 1.99. The summed E-state index contributed by atoms with van der Waals surface area (Å²) in [4.78, 5) is 4.19. The molecule has 0 aliphatic rings. The van der Waals surface area contributed by atoms with Gasteiger partial charge in [0.05, 0.1) is 0 Å². The van der Waals surface area contributed by atoms with E-state index in [1.807, 2.05) is 7.05 Å². The first-order chi connectivity index (χ1) is 6.99. The quantitative estimate of drug-likeness (QED) is 0.418. The SMILES string of the molecule is CCCCCCNC(=NC)NC(C)(C)C. The van der Waals surface area contributed by atoms with E-state index in [1.54, 1.807) is 0 Å². The van der Waals surface area contributed by atoms with Gasteiger partial charge in [0.25, 0.3) is 0 Å². The number of guanidine groups is 1. The predicted molar refractivity (Wildman–Crippen MR) is 68.4 cm³/mol. The highest BCUT2D eigenvalue weighted by molar-refractivity contribution is 5.80. The average Bonchev–Trinajstić information content (AvgIpc) is 2.14. The van der Waals surface area contributed by atoms with Crippen LogP contribution >= 0.6 is 0 Å². The minimum absolute atomic E-state index is 0.0747. The maximum Gasteiger partial charge on any atom is 0.191 e. The number of nitrogens with zero attached hydrogens (tertiary/aromatic N) is 1. The minimum Gasteiger partial charge on any atom is -0.356 e. The van der Waals surface area contributed by atoms with Crippen LogP contribution < -0.4 is 10.6 Å². The molecule has 0 radical (unpaired) electrons. The van der Waals surface area contributed by atoms with Crippen molar-refractivity contribution in [3.05, 3.63) is 0 Å². The van der Waals surface area contributed by atoms with Crippen LogP contribution in [0.5, 0.6) is 0 Å². The molecule has 0 aliphatic heterocycles. The van der Waals surface area contributed by atoms with E-state index in [4.69, 9.17) is 0 Å². The van der Waals surface area contributed by atoms with Gasteiger partial charge in [-0.15, -0.1) is 0 Å². The van der Waals surface area contributed by atoms with Crippen molar-refractivity contribution in [2.75, 3.05) is 13.6 Å². The zero-order valence-corrected chi connectivity index (χ0v) is 11.0. The smallest absolute Gasteiger partial charge is 0.191 e. The van der Waals surface area contributed by atoms with Crippen molar-refractivity contribution in [3.8, 4) is 0 Å². The molecule has 0 spiro atoms. The fraction of sp³-hybridized carbons (Fsp3) is 0.917. The first-order valence-corrected chi connectivity index (χ1v) is 5.98. The molecule has 15 heavy (non-hydrogen) atoms. The molecule has 2 N–H and O–H groups in total. The number of unbranched alkanes of at least 4 members (excludes halogenated alkanes) is 3. The summed E-state index contributed by atoms with van der Waals surface area (Å²) in [5.74, 6) is 0.902. The van der Waals surface area contributed by atoms with Gasteiger partial charge >= 0.3 is 0 Å². The van der Waals surface area contributed by atoms with E-state index in [1.165, 1.54) is 25.7 Å². The van der Waals surface area contributed by atoms with Crippen LogP contribution in [-0.4, -0.2) is 25.1 Å². The van der Waals surface area contributed by atoms with Gasteiger partial charge in [-0.3, -0.25) is 4.99 Å². The Kier molecular flexibility index (Phi) is 7.18. The van der Waals surface area contributed by atoms with E-state index in [2.05, 4.69) is 43.3 Å². The van der Waals surface area contributed by atoms with Gasteiger partial charge in [-0.1, -0.05) is 26.2 Å². The topological polar surface area (TPSA) is 36.4 Å². The number of nitrogens with one attached hydrogen (secondary N) is 2. The summed E-state index contributed by atoms with van der Waals surface area (Å²) in [5, 5.41) is 6.66. The van der Waals surface area contributed by atoms with Crippen LogP contribution in [0.15, 0.2) is 4.99 Å². The van der Waals surface area contributed by atoms with Crippen LogP contribution in [0.3, 0.4) is 0 Å². The summed E-state index contributed by atoms with van der Waals surface area (Å²) >= 11 is 0. The van der Waals surface area contributed by atoms with Crippen LogP contribution in [0.1, 0.15) is 53.4 Å². The average molecular weight is 213 g/mol. The fourth-order valence-electron chi connectivity index (χ4n) is 1.29. The first-order valence-electron chi connectivity index (χ1n) is 5.98. The van der Waals surface area contributed by atoms with Crippen LogP contribution in [0.25, 0.3) is 0 Å².